The van der Waals surface area contributed by atoms with Crippen LogP contribution in [0.5, 0.6) is 0 Å². The van der Waals surface area contributed by atoms with Crippen LogP contribution in [0, 0.1) is 0 Å². The molecule has 18 heavy (non-hydrogen) atoms. The highest BCUT2D eigenvalue weighted by atomic mass is 32.2. The van der Waals surface area contributed by atoms with Crippen molar-refractivity contribution in [3.8, 4) is 5.69 Å². The highest BCUT2D eigenvalue weighted by molar-refractivity contribution is 7.99. The second-order valence-electron chi connectivity index (χ2n) is 3.30. The highest BCUT2D eigenvalue weighted by Crippen LogP contribution is 2.17. The standard InChI is InChI=1S/C11H12N4O2S/c1-2-17-10(16)8-18-11-12-13-14-15(11)9-6-4-3-5-7-9/h3-7H,2,8H2,1H3. The van der Waals surface area contributed by atoms with E-state index < -0.39 is 0 Å². The summed E-state index contributed by atoms with van der Waals surface area (Å²) in [5.41, 5.74) is 0.855. The van der Waals surface area contributed by atoms with Crippen LogP contribution in [-0.2, 0) is 9.53 Å². The van der Waals surface area contributed by atoms with Crippen molar-refractivity contribution in [3.63, 3.8) is 0 Å². The molecule has 0 bridgehead atoms. The van der Waals surface area contributed by atoms with Gasteiger partial charge in [-0.2, -0.15) is 4.68 Å². The number of thioether (sulfide) groups is 1. The maximum Gasteiger partial charge on any atom is 0.316 e. The lowest BCUT2D eigenvalue weighted by Gasteiger charge is -2.03. The zero-order chi connectivity index (χ0) is 12.8. The van der Waals surface area contributed by atoms with Crippen LogP contribution < -0.4 is 0 Å². The average molecular weight is 264 g/mol. The lowest BCUT2D eigenvalue weighted by Crippen LogP contribution is -2.08. The Morgan fingerprint density at radius 3 is 2.89 bits per heavy atom. The Bertz CT molecular complexity index is 515. The van der Waals surface area contributed by atoms with Crippen molar-refractivity contribution >= 4 is 17.7 Å². The second-order valence-corrected chi connectivity index (χ2v) is 4.25. The molecule has 94 valence electrons. The Kier molecular flexibility index (Phi) is 4.30. The molecule has 0 N–H and O–H groups in total. The van der Waals surface area contributed by atoms with Gasteiger partial charge in [0.15, 0.2) is 0 Å². The minimum absolute atomic E-state index is 0.195. The number of benzene rings is 1. The Morgan fingerprint density at radius 1 is 1.39 bits per heavy atom. The lowest BCUT2D eigenvalue weighted by atomic mass is 10.3. The first-order valence-corrected chi connectivity index (χ1v) is 6.42. The number of hydrogen-bond acceptors (Lipinski definition) is 6. The molecule has 1 aromatic heterocycles. The molecular weight excluding hydrogens is 252 g/mol. The molecule has 0 saturated carbocycles. The number of aromatic nitrogens is 4. The molecule has 0 unspecified atom stereocenters. The van der Waals surface area contributed by atoms with E-state index in [9.17, 15) is 4.79 Å². The summed E-state index contributed by atoms with van der Waals surface area (Å²) in [5, 5.41) is 12.0. The number of tetrazole rings is 1. The van der Waals surface area contributed by atoms with Gasteiger partial charge in [0.25, 0.3) is 0 Å². The van der Waals surface area contributed by atoms with Gasteiger partial charge in [-0.1, -0.05) is 30.0 Å². The summed E-state index contributed by atoms with van der Waals surface area (Å²) in [6, 6.07) is 9.50. The zero-order valence-corrected chi connectivity index (χ0v) is 10.6. The predicted octanol–water partition coefficient (Wildman–Crippen LogP) is 1.32. The summed E-state index contributed by atoms with van der Waals surface area (Å²) >= 11 is 1.25. The summed E-state index contributed by atoms with van der Waals surface area (Å²) in [4.78, 5) is 11.3. The van der Waals surface area contributed by atoms with Crippen molar-refractivity contribution in [2.75, 3.05) is 12.4 Å². The van der Waals surface area contributed by atoms with Gasteiger partial charge in [-0.3, -0.25) is 4.79 Å². The Hall–Kier alpha value is -1.89. The summed E-state index contributed by atoms with van der Waals surface area (Å²) in [7, 11) is 0. The zero-order valence-electron chi connectivity index (χ0n) is 9.81. The SMILES string of the molecule is CCOC(=O)CSc1nnnn1-c1ccccc1. The fourth-order valence-corrected chi connectivity index (χ4v) is 2.02. The first-order valence-electron chi connectivity index (χ1n) is 5.43. The van der Waals surface area contributed by atoms with Crippen LogP contribution in [-0.4, -0.2) is 38.5 Å². The number of hydrogen-bond donors (Lipinski definition) is 0. The molecule has 2 aromatic rings. The van der Waals surface area contributed by atoms with E-state index in [0.717, 1.165) is 5.69 Å². The van der Waals surface area contributed by atoms with E-state index in [1.807, 2.05) is 30.3 Å². The number of carbonyl (C=O) groups excluding carboxylic acids is 1. The van der Waals surface area contributed by atoms with Crippen molar-refractivity contribution in [1.82, 2.24) is 20.2 Å². The Morgan fingerprint density at radius 2 is 2.17 bits per heavy atom. The smallest absolute Gasteiger partial charge is 0.316 e. The summed E-state index contributed by atoms with van der Waals surface area (Å²) < 4.78 is 6.44. The number of rotatable bonds is 5. The highest BCUT2D eigenvalue weighted by Gasteiger charge is 2.11. The maximum atomic E-state index is 11.3. The van der Waals surface area contributed by atoms with Crippen LogP contribution in [0.4, 0.5) is 0 Å². The molecule has 6 nitrogen and oxygen atoms in total. The van der Waals surface area contributed by atoms with E-state index in [0.29, 0.717) is 11.8 Å². The molecule has 0 amide bonds. The van der Waals surface area contributed by atoms with Gasteiger partial charge in [0.05, 0.1) is 18.0 Å². The van der Waals surface area contributed by atoms with Crippen LogP contribution in [0.1, 0.15) is 6.92 Å². The summed E-state index contributed by atoms with van der Waals surface area (Å²) in [6.45, 7) is 2.15. The van der Waals surface area contributed by atoms with Gasteiger partial charge in [0.1, 0.15) is 0 Å². The molecule has 7 heteroatoms. The van der Waals surface area contributed by atoms with Gasteiger partial charge < -0.3 is 4.74 Å². The van der Waals surface area contributed by atoms with E-state index >= 15 is 0 Å². The van der Waals surface area contributed by atoms with E-state index in [1.54, 1.807) is 11.6 Å². The van der Waals surface area contributed by atoms with E-state index in [1.165, 1.54) is 11.8 Å². The molecule has 1 heterocycles. The van der Waals surface area contributed by atoms with Gasteiger partial charge in [-0.25, -0.2) is 0 Å². The van der Waals surface area contributed by atoms with Crippen LogP contribution >= 0.6 is 11.8 Å². The molecular formula is C11H12N4O2S. The molecule has 0 fully saturated rings. The van der Waals surface area contributed by atoms with E-state index in [2.05, 4.69) is 15.5 Å². The molecule has 0 aliphatic carbocycles. The maximum absolute atomic E-state index is 11.3. The minimum atomic E-state index is -0.273. The first kappa shape index (κ1) is 12.6. The summed E-state index contributed by atoms with van der Waals surface area (Å²) in [5.74, 6) is -0.0776. The Labute approximate surface area is 108 Å². The fraction of sp³-hybridized carbons (Fsp3) is 0.273. The van der Waals surface area contributed by atoms with Gasteiger partial charge >= 0.3 is 5.97 Å². The Balaban J connectivity index is 2.07. The van der Waals surface area contributed by atoms with Crippen molar-refractivity contribution < 1.29 is 9.53 Å². The van der Waals surface area contributed by atoms with Crippen molar-refractivity contribution in [2.24, 2.45) is 0 Å². The third-order valence-electron chi connectivity index (χ3n) is 2.07. The van der Waals surface area contributed by atoms with Gasteiger partial charge in [0, 0.05) is 0 Å². The van der Waals surface area contributed by atoms with E-state index in [-0.39, 0.29) is 11.7 Å². The largest absolute Gasteiger partial charge is 0.465 e. The number of nitrogens with zero attached hydrogens (tertiary/aromatic N) is 4. The number of ether oxygens (including phenoxy) is 1. The minimum Gasteiger partial charge on any atom is -0.465 e. The summed E-state index contributed by atoms with van der Waals surface area (Å²) in [6.07, 6.45) is 0. The topological polar surface area (TPSA) is 69.9 Å². The second kappa shape index (κ2) is 6.15. The molecule has 1 aromatic carbocycles. The van der Waals surface area contributed by atoms with Crippen molar-refractivity contribution in [1.29, 1.82) is 0 Å². The molecule has 0 aliphatic rings. The predicted molar refractivity (Wildman–Crippen MR) is 66.5 cm³/mol. The monoisotopic (exact) mass is 264 g/mol. The quantitative estimate of drug-likeness (QED) is 0.599. The third kappa shape index (κ3) is 3.07. The van der Waals surface area contributed by atoms with Crippen LogP contribution in [0.15, 0.2) is 35.5 Å². The number of carbonyl (C=O) groups is 1. The van der Waals surface area contributed by atoms with Crippen LogP contribution in [0.25, 0.3) is 5.69 Å². The van der Waals surface area contributed by atoms with Crippen molar-refractivity contribution in [2.45, 2.75) is 12.1 Å². The fourth-order valence-electron chi connectivity index (χ4n) is 1.33. The molecule has 0 spiro atoms. The first-order chi connectivity index (χ1) is 8.81. The molecule has 0 saturated heterocycles. The number of esters is 1. The van der Waals surface area contributed by atoms with Gasteiger partial charge in [-0.15, -0.1) is 5.10 Å². The average Bonchev–Trinajstić information content (AvgIpc) is 2.86. The van der Waals surface area contributed by atoms with Crippen LogP contribution in [0.2, 0.25) is 0 Å². The molecule has 0 atom stereocenters. The normalized spacial score (nSPS) is 10.3. The molecule has 0 radical (unpaired) electrons. The molecule has 0 aliphatic heterocycles. The van der Waals surface area contributed by atoms with Crippen molar-refractivity contribution in [3.05, 3.63) is 30.3 Å². The molecule has 2 rings (SSSR count). The van der Waals surface area contributed by atoms with Crippen LogP contribution in [0.3, 0.4) is 0 Å². The lowest BCUT2D eigenvalue weighted by molar-refractivity contribution is -0.139. The number of para-hydroxylation sites is 1. The van der Waals surface area contributed by atoms with Gasteiger partial charge in [-0.05, 0) is 29.5 Å². The third-order valence-corrected chi connectivity index (χ3v) is 2.96. The van der Waals surface area contributed by atoms with Gasteiger partial charge in [0.2, 0.25) is 5.16 Å². The van der Waals surface area contributed by atoms with E-state index in [4.69, 9.17) is 4.74 Å².